The van der Waals surface area contributed by atoms with E-state index >= 15 is 0 Å². The van der Waals surface area contributed by atoms with Crippen LogP contribution in [0.15, 0.2) is 0 Å². The van der Waals surface area contributed by atoms with E-state index in [1.165, 1.54) is 50.9 Å². The largest absolute Gasteiger partial charge is 0.405 e. The van der Waals surface area contributed by atoms with Gasteiger partial charge in [0.1, 0.15) is 6.04 Å². The van der Waals surface area contributed by atoms with Crippen LogP contribution >= 0.6 is 0 Å². The highest BCUT2D eigenvalue weighted by Crippen LogP contribution is 2.32. The van der Waals surface area contributed by atoms with Crippen molar-refractivity contribution in [3.05, 3.63) is 0 Å². The monoisotopic (exact) mass is 351 g/mol. The van der Waals surface area contributed by atoms with Crippen LogP contribution in [-0.2, 0) is 0 Å². The summed E-state index contributed by atoms with van der Waals surface area (Å²) in [6, 6.07) is -1.12. The Morgan fingerprint density at radius 1 is 0.917 bits per heavy atom. The number of alkyl halides is 3. The zero-order valence-corrected chi connectivity index (χ0v) is 15.8. The van der Waals surface area contributed by atoms with E-state index in [4.69, 9.17) is 5.73 Å². The highest BCUT2D eigenvalue weighted by Gasteiger charge is 2.51. The third-order valence-corrected chi connectivity index (χ3v) is 5.08. The van der Waals surface area contributed by atoms with Crippen LogP contribution < -0.4 is 5.73 Å². The second kappa shape index (κ2) is 9.39. The van der Waals surface area contributed by atoms with Crippen LogP contribution in [0, 0.1) is 0 Å². The van der Waals surface area contributed by atoms with Crippen LogP contribution in [0.1, 0.15) is 66.2 Å². The van der Waals surface area contributed by atoms with Gasteiger partial charge in [0.05, 0.1) is 0 Å². The van der Waals surface area contributed by atoms with E-state index in [-0.39, 0.29) is 0 Å². The molecule has 1 heterocycles. The molecule has 0 bridgehead atoms. The molecule has 6 heteroatoms. The van der Waals surface area contributed by atoms with Crippen molar-refractivity contribution in [2.75, 3.05) is 26.2 Å². The minimum Gasteiger partial charge on any atom is -0.324 e. The molecule has 0 radical (unpaired) electrons. The number of hydrogen-bond acceptors (Lipinski definition) is 3. The van der Waals surface area contributed by atoms with Gasteiger partial charge in [-0.05, 0) is 27.2 Å². The lowest BCUT2D eigenvalue weighted by atomic mass is 9.93. The SMILES string of the molecule is CCCCCCCC(C)N1CCN(C(C(C)(C)N)C(F)(F)F)CC1. The molecule has 0 spiro atoms. The van der Waals surface area contributed by atoms with Crippen molar-refractivity contribution in [1.29, 1.82) is 0 Å². The van der Waals surface area contributed by atoms with Crippen LogP contribution in [0.5, 0.6) is 0 Å². The first-order valence-electron chi connectivity index (χ1n) is 9.41. The third kappa shape index (κ3) is 6.89. The van der Waals surface area contributed by atoms with Gasteiger partial charge in [-0.3, -0.25) is 9.80 Å². The number of halogens is 3. The van der Waals surface area contributed by atoms with Gasteiger partial charge < -0.3 is 5.73 Å². The summed E-state index contributed by atoms with van der Waals surface area (Å²) < 4.78 is 40.2. The lowest BCUT2D eigenvalue weighted by Gasteiger charge is -2.46. The first-order valence-corrected chi connectivity index (χ1v) is 9.41. The van der Waals surface area contributed by atoms with E-state index in [0.717, 1.165) is 6.42 Å². The predicted octanol–water partition coefficient (Wildman–Crippen LogP) is 4.02. The van der Waals surface area contributed by atoms with Crippen molar-refractivity contribution >= 4 is 0 Å². The molecule has 1 aliphatic rings. The van der Waals surface area contributed by atoms with E-state index < -0.39 is 17.8 Å². The molecule has 2 atom stereocenters. The van der Waals surface area contributed by atoms with Gasteiger partial charge in [0.15, 0.2) is 0 Å². The predicted molar refractivity (Wildman–Crippen MR) is 94.1 cm³/mol. The zero-order chi connectivity index (χ0) is 18.4. The van der Waals surface area contributed by atoms with Gasteiger partial charge in [0.2, 0.25) is 0 Å². The van der Waals surface area contributed by atoms with E-state index in [1.54, 1.807) is 0 Å². The third-order valence-electron chi connectivity index (χ3n) is 5.08. The van der Waals surface area contributed by atoms with Gasteiger partial charge >= 0.3 is 6.18 Å². The van der Waals surface area contributed by atoms with Crippen molar-refractivity contribution in [3.8, 4) is 0 Å². The lowest BCUT2D eigenvalue weighted by molar-refractivity contribution is -0.202. The molecule has 0 aromatic carbocycles. The summed E-state index contributed by atoms with van der Waals surface area (Å²) >= 11 is 0. The van der Waals surface area contributed by atoms with E-state index in [0.29, 0.717) is 32.2 Å². The minimum atomic E-state index is -4.29. The van der Waals surface area contributed by atoms with Crippen LogP contribution in [0.25, 0.3) is 0 Å². The summed E-state index contributed by atoms with van der Waals surface area (Å²) in [5.41, 5.74) is 4.54. The Labute approximate surface area is 145 Å². The van der Waals surface area contributed by atoms with Gasteiger partial charge in [-0.15, -0.1) is 0 Å². The maximum atomic E-state index is 13.4. The van der Waals surface area contributed by atoms with Gasteiger partial charge in [-0.1, -0.05) is 39.0 Å². The van der Waals surface area contributed by atoms with E-state index in [9.17, 15) is 13.2 Å². The fourth-order valence-corrected chi connectivity index (χ4v) is 3.76. The van der Waals surface area contributed by atoms with Gasteiger partial charge in [0.25, 0.3) is 0 Å². The fraction of sp³-hybridized carbons (Fsp3) is 1.00. The van der Waals surface area contributed by atoms with Crippen LogP contribution in [0.4, 0.5) is 13.2 Å². The Balaban J connectivity index is 2.44. The topological polar surface area (TPSA) is 32.5 Å². The molecule has 0 aromatic heterocycles. The Morgan fingerprint density at radius 3 is 1.88 bits per heavy atom. The first kappa shape index (κ1) is 21.7. The lowest BCUT2D eigenvalue weighted by Crippen LogP contribution is -2.65. The number of rotatable bonds is 9. The molecule has 2 N–H and O–H groups in total. The summed E-state index contributed by atoms with van der Waals surface area (Å²) in [7, 11) is 0. The molecule has 24 heavy (non-hydrogen) atoms. The smallest absolute Gasteiger partial charge is 0.324 e. The summed E-state index contributed by atoms with van der Waals surface area (Å²) in [4.78, 5) is 3.84. The zero-order valence-electron chi connectivity index (χ0n) is 15.8. The molecule has 144 valence electrons. The highest BCUT2D eigenvalue weighted by molar-refractivity contribution is 4.97. The fourth-order valence-electron chi connectivity index (χ4n) is 3.76. The van der Waals surface area contributed by atoms with Crippen molar-refractivity contribution in [3.63, 3.8) is 0 Å². The van der Waals surface area contributed by atoms with Gasteiger partial charge in [0, 0.05) is 37.8 Å². The standard InChI is InChI=1S/C18H36F3N3/c1-5-6-7-8-9-10-15(2)23-11-13-24(14-12-23)16(17(3,4)22)18(19,20)21/h15-16H,5-14,22H2,1-4H3. The Morgan fingerprint density at radius 2 is 1.42 bits per heavy atom. The number of hydrogen-bond donors (Lipinski definition) is 1. The molecule has 3 nitrogen and oxygen atoms in total. The highest BCUT2D eigenvalue weighted by atomic mass is 19.4. The normalized spacial score (nSPS) is 21.0. The Bertz CT molecular complexity index is 330. The number of nitrogens with zero attached hydrogens (tertiary/aromatic N) is 2. The average Bonchev–Trinajstić information content (AvgIpc) is 2.44. The number of piperazine rings is 1. The second-order valence-corrected chi connectivity index (χ2v) is 7.89. The Hall–Kier alpha value is -0.330. The average molecular weight is 352 g/mol. The van der Waals surface area contributed by atoms with Gasteiger partial charge in [-0.25, -0.2) is 0 Å². The second-order valence-electron chi connectivity index (χ2n) is 7.89. The Kier molecular flexibility index (Phi) is 8.50. The molecule has 0 amide bonds. The van der Waals surface area contributed by atoms with Crippen LogP contribution in [0.3, 0.4) is 0 Å². The number of unbranched alkanes of at least 4 members (excludes halogenated alkanes) is 4. The molecule has 1 saturated heterocycles. The first-order chi connectivity index (χ1) is 11.1. The molecule has 1 rings (SSSR count). The summed E-state index contributed by atoms with van der Waals surface area (Å²) in [6.07, 6.45) is 3.14. The quantitative estimate of drug-likeness (QED) is 0.637. The summed E-state index contributed by atoms with van der Waals surface area (Å²) in [6.45, 7) is 9.60. The van der Waals surface area contributed by atoms with Crippen molar-refractivity contribution < 1.29 is 13.2 Å². The van der Waals surface area contributed by atoms with E-state index in [1.807, 2.05) is 0 Å². The molecule has 0 aromatic rings. The van der Waals surface area contributed by atoms with Crippen molar-refractivity contribution in [2.24, 2.45) is 5.73 Å². The van der Waals surface area contributed by atoms with Crippen LogP contribution in [-0.4, -0.2) is 59.8 Å². The molecule has 1 fully saturated rings. The molecular formula is C18H36F3N3. The van der Waals surface area contributed by atoms with Crippen molar-refractivity contribution in [1.82, 2.24) is 9.80 Å². The van der Waals surface area contributed by atoms with Gasteiger partial charge in [-0.2, -0.15) is 13.2 Å². The molecule has 0 aliphatic carbocycles. The molecule has 0 saturated carbocycles. The summed E-state index contributed by atoms with van der Waals surface area (Å²) in [5, 5.41) is 0. The van der Waals surface area contributed by atoms with Crippen LogP contribution in [0.2, 0.25) is 0 Å². The molecule has 1 aliphatic heterocycles. The molecule has 2 unspecified atom stereocenters. The van der Waals surface area contributed by atoms with Crippen molar-refractivity contribution in [2.45, 2.75) is 90.0 Å². The number of nitrogens with two attached hydrogens (primary N) is 1. The van der Waals surface area contributed by atoms with E-state index in [2.05, 4.69) is 18.7 Å². The summed E-state index contributed by atoms with van der Waals surface area (Å²) in [5.74, 6) is 0. The maximum absolute atomic E-state index is 13.4. The molecular weight excluding hydrogens is 315 g/mol. The minimum absolute atomic E-state index is 0.435. The maximum Gasteiger partial charge on any atom is 0.405 e.